The van der Waals surface area contributed by atoms with E-state index in [9.17, 15) is 4.79 Å². The van der Waals surface area contributed by atoms with Crippen LogP contribution >= 0.6 is 23.2 Å². The number of nitrogens with zero attached hydrogens (tertiary/aromatic N) is 1. The van der Waals surface area contributed by atoms with E-state index in [2.05, 4.69) is 0 Å². The number of alkyl halides is 2. The fourth-order valence-corrected chi connectivity index (χ4v) is 2.58. The Morgan fingerprint density at radius 3 is 2.81 bits per heavy atom. The minimum Gasteiger partial charge on any atom is -0.311 e. The lowest BCUT2D eigenvalue weighted by atomic mass is 10.1. The van der Waals surface area contributed by atoms with Crippen LogP contribution in [-0.2, 0) is 4.79 Å². The van der Waals surface area contributed by atoms with E-state index < -0.39 is 5.38 Å². The molecule has 0 bridgehead atoms. The van der Waals surface area contributed by atoms with Gasteiger partial charge in [0.15, 0.2) is 0 Å². The van der Waals surface area contributed by atoms with E-state index in [1.165, 1.54) is 0 Å². The number of benzene rings is 1. The quantitative estimate of drug-likeness (QED) is 0.747. The molecular formula is C12H13Cl2NO. The summed E-state index contributed by atoms with van der Waals surface area (Å²) in [6.45, 7) is 2.61. The highest BCUT2D eigenvalue weighted by Gasteiger charge is 2.39. The van der Waals surface area contributed by atoms with Crippen molar-refractivity contribution in [2.24, 2.45) is 5.92 Å². The van der Waals surface area contributed by atoms with Crippen LogP contribution in [0, 0.1) is 12.8 Å². The molecule has 0 N–H and O–H groups in total. The van der Waals surface area contributed by atoms with Crippen LogP contribution in [0.4, 0.5) is 5.69 Å². The second kappa shape index (κ2) is 4.64. The minimum absolute atomic E-state index is 0.0383. The zero-order valence-electron chi connectivity index (χ0n) is 8.99. The molecule has 1 heterocycles. The Balaban J connectivity index is 2.26. The first-order valence-corrected chi connectivity index (χ1v) is 6.18. The van der Waals surface area contributed by atoms with E-state index in [4.69, 9.17) is 23.2 Å². The second-order valence-electron chi connectivity index (χ2n) is 4.10. The second-order valence-corrected chi connectivity index (χ2v) is 4.88. The summed E-state index contributed by atoms with van der Waals surface area (Å²) in [6, 6.07) is 7.85. The predicted molar refractivity (Wildman–Crippen MR) is 67.4 cm³/mol. The molecule has 2 atom stereocenters. The molecule has 16 heavy (non-hydrogen) atoms. The normalized spacial score (nSPS) is 25.2. The molecule has 1 aliphatic heterocycles. The van der Waals surface area contributed by atoms with Gasteiger partial charge in [0, 0.05) is 24.0 Å². The fraction of sp³-hybridized carbons (Fsp3) is 0.417. The Hall–Kier alpha value is -0.730. The van der Waals surface area contributed by atoms with Crippen molar-refractivity contribution in [3.63, 3.8) is 0 Å². The number of rotatable bonds is 2. The molecule has 2 unspecified atom stereocenters. The summed E-state index contributed by atoms with van der Waals surface area (Å²) >= 11 is 11.8. The van der Waals surface area contributed by atoms with Crippen LogP contribution < -0.4 is 4.90 Å². The lowest BCUT2D eigenvalue weighted by Gasteiger charge is -2.16. The van der Waals surface area contributed by atoms with Crippen LogP contribution in [0.25, 0.3) is 0 Å². The first-order chi connectivity index (χ1) is 7.63. The molecule has 1 aromatic carbocycles. The third-order valence-electron chi connectivity index (χ3n) is 2.84. The summed E-state index contributed by atoms with van der Waals surface area (Å²) in [5.74, 6) is 0.414. The first kappa shape index (κ1) is 11.7. The standard InChI is InChI=1S/C12H13Cl2NO/c1-8-3-2-4-10(5-8)15-7-9(6-13)11(14)12(15)16/h2-5,9,11H,6-7H2,1H3. The number of hydrogen-bond donors (Lipinski definition) is 0. The summed E-state index contributed by atoms with van der Waals surface area (Å²) in [5.41, 5.74) is 2.04. The van der Waals surface area contributed by atoms with Gasteiger partial charge < -0.3 is 4.90 Å². The van der Waals surface area contributed by atoms with Crippen molar-refractivity contribution in [1.29, 1.82) is 0 Å². The number of hydrogen-bond acceptors (Lipinski definition) is 1. The van der Waals surface area contributed by atoms with Crippen molar-refractivity contribution >= 4 is 34.8 Å². The molecule has 4 heteroatoms. The van der Waals surface area contributed by atoms with Crippen LogP contribution in [0.5, 0.6) is 0 Å². The lowest BCUT2D eigenvalue weighted by Crippen LogP contribution is -2.27. The topological polar surface area (TPSA) is 20.3 Å². The average Bonchev–Trinajstić information content (AvgIpc) is 2.56. The Bertz CT molecular complexity index is 408. The van der Waals surface area contributed by atoms with E-state index in [0.717, 1.165) is 11.3 Å². The third kappa shape index (κ3) is 2.04. The lowest BCUT2D eigenvalue weighted by molar-refractivity contribution is -0.117. The Labute approximate surface area is 105 Å². The molecule has 1 amide bonds. The van der Waals surface area contributed by atoms with Gasteiger partial charge >= 0.3 is 0 Å². The van der Waals surface area contributed by atoms with Crippen molar-refractivity contribution < 1.29 is 4.79 Å². The van der Waals surface area contributed by atoms with Gasteiger partial charge in [-0.15, -0.1) is 23.2 Å². The highest BCUT2D eigenvalue weighted by Crippen LogP contribution is 2.29. The molecule has 0 aromatic heterocycles. The highest BCUT2D eigenvalue weighted by molar-refractivity contribution is 6.34. The molecule has 2 nitrogen and oxygen atoms in total. The van der Waals surface area contributed by atoms with Crippen LogP contribution in [0.3, 0.4) is 0 Å². The highest BCUT2D eigenvalue weighted by atomic mass is 35.5. The summed E-state index contributed by atoms with van der Waals surface area (Å²) in [7, 11) is 0. The number of carbonyl (C=O) groups is 1. The minimum atomic E-state index is -0.488. The number of aryl methyl sites for hydroxylation is 1. The largest absolute Gasteiger partial charge is 0.311 e. The van der Waals surface area contributed by atoms with E-state index >= 15 is 0 Å². The maximum atomic E-state index is 11.9. The van der Waals surface area contributed by atoms with E-state index in [1.54, 1.807) is 4.90 Å². The van der Waals surface area contributed by atoms with Crippen molar-refractivity contribution in [1.82, 2.24) is 0 Å². The predicted octanol–water partition coefficient (Wildman–Crippen LogP) is 2.80. The van der Waals surface area contributed by atoms with Gasteiger partial charge in [-0.3, -0.25) is 4.79 Å². The first-order valence-electron chi connectivity index (χ1n) is 5.21. The molecule has 1 saturated heterocycles. The molecule has 86 valence electrons. The summed E-state index contributed by atoms with van der Waals surface area (Å²) in [5, 5.41) is -0.488. The molecule has 1 aromatic rings. The Morgan fingerprint density at radius 1 is 1.50 bits per heavy atom. The number of amides is 1. The molecule has 2 rings (SSSR count). The fourth-order valence-electron chi connectivity index (χ4n) is 1.92. The zero-order valence-corrected chi connectivity index (χ0v) is 10.5. The van der Waals surface area contributed by atoms with Crippen LogP contribution in [0.2, 0.25) is 0 Å². The molecule has 1 aliphatic rings. The van der Waals surface area contributed by atoms with Gasteiger partial charge in [0.2, 0.25) is 5.91 Å². The summed E-state index contributed by atoms with van der Waals surface area (Å²) in [4.78, 5) is 13.6. The molecular weight excluding hydrogens is 245 g/mol. The molecule has 0 aliphatic carbocycles. The molecule has 1 fully saturated rings. The van der Waals surface area contributed by atoms with Gasteiger partial charge in [0.25, 0.3) is 0 Å². The molecule has 0 saturated carbocycles. The van der Waals surface area contributed by atoms with Gasteiger partial charge in [0.1, 0.15) is 5.38 Å². The Morgan fingerprint density at radius 2 is 2.25 bits per heavy atom. The summed E-state index contributed by atoms with van der Waals surface area (Å²) < 4.78 is 0. The van der Waals surface area contributed by atoms with Crippen LogP contribution in [0.1, 0.15) is 5.56 Å². The van der Waals surface area contributed by atoms with Gasteiger partial charge in [-0.25, -0.2) is 0 Å². The Kier molecular flexibility index (Phi) is 3.41. The van der Waals surface area contributed by atoms with Crippen molar-refractivity contribution in [2.45, 2.75) is 12.3 Å². The van der Waals surface area contributed by atoms with E-state index in [-0.39, 0.29) is 11.8 Å². The van der Waals surface area contributed by atoms with Gasteiger partial charge in [-0.1, -0.05) is 12.1 Å². The van der Waals surface area contributed by atoms with Crippen LogP contribution in [-0.4, -0.2) is 23.7 Å². The monoisotopic (exact) mass is 257 g/mol. The zero-order chi connectivity index (χ0) is 11.7. The molecule has 0 spiro atoms. The summed E-state index contributed by atoms with van der Waals surface area (Å²) in [6.07, 6.45) is 0. The average molecular weight is 258 g/mol. The van der Waals surface area contributed by atoms with Gasteiger partial charge in [0.05, 0.1) is 0 Å². The van der Waals surface area contributed by atoms with E-state index in [0.29, 0.717) is 12.4 Å². The number of carbonyl (C=O) groups excluding carboxylic acids is 1. The number of anilines is 1. The van der Waals surface area contributed by atoms with Crippen molar-refractivity contribution in [3.05, 3.63) is 29.8 Å². The van der Waals surface area contributed by atoms with Gasteiger partial charge in [-0.2, -0.15) is 0 Å². The molecule has 0 radical (unpaired) electrons. The number of halogens is 2. The SMILES string of the molecule is Cc1cccc(N2CC(CCl)C(Cl)C2=O)c1. The van der Waals surface area contributed by atoms with Gasteiger partial charge in [-0.05, 0) is 24.6 Å². The third-order valence-corrected chi connectivity index (χ3v) is 3.78. The maximum Gasteiger partial charge on any atom is 0.245 e. The smallest absolute Gasteiger partial charge is 0.245 e. The van der Waals surface area contributed by atoms with Crippen molar-refractivity contribution in [3.8, 4) is 0 Å². The van der Waals surface area contributed by atoms with Crippen LogP contribution in [0.15, 0.2) is 24.3 Å². The maximum absolute atomic E-state index is 11.9. The van der Waals surface area contributed by atoms with Crippen molar-refractivity contribution in [2.75, 3.05) is 17.3 Å². The van der Waals surface area contributed by atoms with E-state index in [1.807, 2.05) is 31.2 Å².